The summed E-state index contributed by atoms with van der Waals surface area (Å²) >= 11 is -5.15. The van der Waals surface area contributed by atoms with Crippen molar-refractivity contribution in [2.45, 2.75) is 6.29 Å². The van der Waals surface area contributed by atoms with E-state index in [1.54, 1.807) is 0 Å². The molecule has 0 unspecified atom stereocenters. The molecule has 0 radical (unpaired) electrons. The van der Waals surface area contributed by atoms with Crippen molar-refractivity contribution < 1.29 is 21.1 Å². The number of nitrogens with one attached hydrogen (secondary N) is 1. The van der Waals surface area contributed by atoms with Crippen molar-refractivity contribution >= 4 is 11.4 Å². The van der Waals surface area contributed by atoms with E-state index in [9.17, 15) is 11.7 Å². The highest BCUT2D eigenvalue weighted by Gasteiger charge is 2.21. The first-order valence-electron chi connectivity index (χ1n) is 2.72. The standard InChI is InChI=1S/C4H10F3NO2S/c1-9-4(10-2)3-8-11(5,6)7/h4,8H,3H2,1-2H3. The summed E-state index contributed by atoms with van der Waals surface area (Å²) in [6, 6.07) is 0. The third-order valence-corrected chi connectivity index (χ3v) is 1.43. The van der Waals surface area contributed by atoms with E-state index in [0.29, 0.717) is 0 Å². The van der Waals surface area contributed by atoms with Crippen LogP contribution in [0.3, 0.4) is 0 Å². The van der Waals surface area contributed by atoms with Gasteiger partial charge in [-0.1, -0.05) is 0 Å². The Morgan fingerprint density at radius 3 is 2.00 bits per heavy atom. The summed E-state index contributed by atoms with van der Waals surface area (Å²) in [7, 11) is 2.56. The summed E-state index contributed by atoms with van der Waals surface area (Å²) in [5.41, 5.74) is 0. The molecule has 0 bridgehead atoms. The number of rotatable bonds is 5. The van der Waals surface area contributed by atoms with Crippen molar-refractivity contribution in [3.63, 3.8) is 0 Å². The van der Waals surface area contributed by atoms with Gasteiger partial charge in [-0.25, -0.2) is 4.72 Å². The van der Waals surface area contributed by atoms with Crippen molar-refractivity contribution in [2.24, 2.45) is 0 Å². The van der Waals surface area contributed by atoms with Crippen molar-refractivity contribution in [1.29, 1.82) is 0 Å². The Kier molecular flexibility index (Phi) is 4.82. The van der Waals surface area contributed by atoms with Crippen molar-refractivity contribution in [2.75, 3.05) is 20.8 Å². The van der Waals surface area contributed by atoms with Crippen LogP contribution < -0.4 is 4.72 Å². The highest BCUT2D eigenvalue weighted by molar-refractivity contribution is 8.19. The summed E-state index contributed by atoms with van der Waals surface area (Å²) in [5.74, 6) is 0. The first kappa shape index (κ1) is 11.0. The van der Waals surface area contributed by atoms with E-state index in [-0.39, 0.29) is 6.54 Å². The number of methoxy groups -OCH3 is 2. The second kappa shape index (κ2) is 4.81. The summed E-state index contributed by atoms with van der Waals surface area (Å²) < 4.78 is 45.1. The van der Waals surface area contributed by atoms with Crippen molar-refractivity contribution in [3.8, 4) is 0 Å². The van der Waals surface area contributed by atoms with E-state index in [1.807, 2.05) is 0 Å². The quantitative estimate of drug-likeness (QED) is 0.672. The third-order valence-electron chi connectivity index (χ3n) is 0.939. The topological polar surface area (TPSA) is 30.5 Å². The maximum atomic E-state index is 11.5. The Bertz CT molecular complexity index is 106. The lowest BCUT2D eigenvalue weighted by molar-refractivity contribution is -0.0962. The minimum atomic E-state index is -5.15. The maximum absolute atomic E-state index is 11.5. The molecule has 0 amide bonds. The molecule has 0 aliphatic carbocycles. The molecule has 7 heteroatoms. The van der Waals surface area contributed by atoms with Gasteiger partial charge in [0.05, 0.1) is 6.54 Å². The fraction of sp³-hybridized carbons (Fsp3) is 1.00. The molecule has 0 fully saturated rings. The molecule has 3 nitrogen and oxygen atoms in total. The lowest BCUT2D eigenvalue weighted by atomic mass is 10.6. The highest BCUT2D eigenvalue weighted by Crippen LogP contribution is 2.48. The molecule has 0 spiro atoms. The molecule has 0 aromatic carbocycles. The first-order chi connectivity index (χ1) is 4.99. The van der Waals surface area contributed by atoms with Crippen LogP contribution in [0.2, 0.25) is 0 Å². The normalized spacial score (nSPS) is 14.0. The Balaban J connectivity index is 3.51. The zero-order chi connectivity index (χ0) is 8.91. The number of halogens is 3. The first-order valence-corrected chi connectivity index (χ1v) is 4.05. The third kappa shape index (κ3) is 6.42. The van der Waals surface area contributed by atoms with Crippen LogP contribution in [0.5, 0.6) is 0 Å². The predicted octanol–water partition coefficient (Wildman–Crippen LogP) is 1.57. The molecule has 0 aromatic heterocycles. The molecule has 0 rings (SSSR count). The van der Waals surface area contributed by atoms with Gasteiger partial charge in [0.15, 0.2) is 6.29 Å². The van der Waals surface area contributed by atoms with E-state index in [0.717, 1.165) is 0 Å². The fourth-order valence-corrected chi connectivity index (χ4v) is 0.750. The lowest BCUT2D eigenvalue weighted by Gasteiger charge is -2.16. The molecule has 0 aliphatic rings. The van der Waals surface area contributed by atoms with Gasteiger partial charge in [-0.2, -0.15) is 0 Å². The summed E-state index contributed by atoms with van der Waals surface area (Å²) in [6.07, 6.45) is -0.843. The molecule has 70 valence electrons. The molecule has 0 atom stereocenters. The zero-order valence-corrected chi connectivity index (χ0v) is 6.96. The molecule has 1 N–H and O–H groups in total. The van der Waals surface area contributed by atoms with E-state index in [1.165, 1.54) is 18.9 Å². The highest BCUT2D eigenvalue weighted by atomic mass is 32.3. The van der Waals surface area contributed by atoms with Gasteiger partial charge >= 0.3 is 0 Å². The summed E-state index contributed by atoms with van der Waals surface area (Å²) in [5, 5.41) is 0. The fourth-order valence-electron chi connectivity index (χ4n) is 0.425. The Hall–Kier alpha value is 0.0200. The van der Waals surface area contributed by atoms with Gasteiger partial charge in [0.25, 0.3) is 11.4 Å². The Morgan fingerprint density at radius 2 is 1.73 bits per heavy atom. The smallest absolute Gasteiger partial charge is 0.275 e. The van der Waals surface area contributed by atoms with Crippen LogP contribution in [0.4, 0.5) is 11.7 Å². The second-order valence-corrected chi connectivity index (χ2v) is 2.76. The van der Waals surface area contributed by atoms with Gasteiger partial charge < -0.3 is 9.47 Å². The summed E-state index contributed by atoms with van der Waals surface area (Å²) in [6.45, 7) is -0.369. The van der Waals surface area contributed by atoms with Gasteiger partial charge in [-0.05, 0) is 0 Å². The monoisotopic (exact) mass is 193 g/mol. The van der Waals surface area contributed by atoms with Crippen LogP contribution in [0.1, 0.15) is 0 Å². The second-order valence-electron chi connectivity index (χ2n) is 1.66. The molecule has 0 saturated heterocycles. The Labute approximate surface area is 65.2 Å². The van der Waals surface area contributed by atoms with Crippen LogP contribution in [0.25, 0.3) is 0 Å². The van der Waals surface area contributed by atoms with Crippen LogP contribution in [0.15, 0.2) is 0 Å². The van der Waals surface area contributed by atoms with Gasteiger partial charge in [0, 0.05) is 14.2 Å². The average Bonchev–Trinajstić information content (AvgIpc) is 1.88. The van der Waals surface area contributed by atoms with Gasteiger partial charge in [-0.15, -0.1) is 11.7 Å². The molecule has 0 heterocycles. The van der Waals surface area contributed by atoms with E-state index in [4.69, 9.17) is 0 Å². The van der Waals surface area contributed by atoms with Crippen LogP contribution >= 0.6 is 11.4 Å². The van der Waals surface area contributed by atoms with Crippen LogP contribution in [-0.4, -0.2) is 27.1 Å². The molecule has 0 saturated carbocycles. The van der Waals surface area contributed by atoms with Crippen molar-refractivity contribution in [3.05, 3.63) is 0 Å². The molecule has 0 aromatic rings. The number of hydrogen-bond acceptors (Lipinski definition) is 3. The SMILES string of the molecule is COC(CNS(F)(F)F)OC. The van der Waals surface area contributed by atoms with Gasteiger partial charge in [0.1, 0.15) is 0 Å². The molecular weight excluding hydrogens is 183 g/mol. The molecular formula is C4H10F3NO2S. The summed E-state index contributed by atoms with van der Waals surface area (Å²) in [4.78, 5) is 0. The van der Waals surface area contributed by atoms with Crippen molar-refractivity contribution in [1.82, 2.24) is 4.72 Å². The Morgan fingerprint density at radius 1 is 1.27 bits per heavy atom. The van der Waals surface area contributed by atoms with E-state index < -0.39 is 17.7 Å². The molecule has 11 heavy (non-hydrogen) atoms. The van der Waals surface area contributed by atoms with E-state index in [2.05, 4.69) is 9.47 Å². The minimum absolute atomic E-state index is 0.369. The van der Waals surface area contributed by atoms with Gasteiger partial charge in [0.2, 0.25) is 0 Å². The largest absolute Gasteiger partial charge is 0.355 e. The molecule has 0 aliphatic heterocycles. The number of ether oxygens (including phenoxy) is 2. The van der Waals surface area contributed by atoms with Crippen LogP contribution in [-0.2, 0) is 9.47 Å². The van der Waals surface area contributed by atoms with E-state index >= 15 is 0 Å². The van der Waals surface area contributed by atoms with Crippen LogP contribution in [0, 0.1) is 0 Å². The zero-order valence-electron chi connectivity index (χ0n) is 6.14. The minimum Gasteiger partial charge on any atom is -0.355 e. The lowest BCUT2D eigenvalue weighted by Crippen LogP contribution is -2.28. The maximum Gasteiger partial charge on any atom is 0.275 e. The average molecular weight is 193 g/mol. The number of hydrogen-bond donors (Lipinski definition) is 1. The van der Waals surface area contributed by atoms with Gasteiger partial charge in [-0.3, -0.25) is 0 Å². The predicted molar refractivity (Wildman–Crippen MR) is 36.7 cm³/mol.